The number of carbonyl (C=O) groups is 2. The van der Waals surface area contributed by atoms with Gasteiger partial charge in [-0.2, -0.15) is 0 Å². The molecule has 2 unspecified atom stereocenters. The van der Waals surface area contributed by atoms with Gasteiger partial charge in [-0.15, -0.1) is 0 Å². The number of amides is 2. The molecule has 1 heterocycles. The molecule has 7 heteroatoms. The Morgan fingerprint density at radius 1 is 1.46 bits per heavy atom. The molecule has 135 valence electrons. The third-order valence-corrected chi connectivity index (χ3v) is 5.23. The second kappa shape index (κ2) is 7.00. The maximum Gasteiger partial charge on any atom is 0.254 e. The number of benzene rings is 1. The Hall–Kier alpha value is -2.54. The Morgan fingerprint density at radius 3 is 2.81 bits per heavy atom. The molecule has 0 fully saturated rings. The van der Waals surface area contributed by atoms with Crippen LogP contribution in [0.25, 0.3) is 0 Å². The van der Waals surface area contributed by atoms with Crippen LogP contribution >= 0.6 is 0 Å². The second-order valence-corrected chi connectivity index (χ2v) is 6.78. The van der Waals surface area contributed by atoms with E-state index in [0.29, 0.717) is 24.3 Å². The van der Waals surface area contributed by atoms with Gasteiger partial charge in [0.25, 0.3) is 5.91 Å². The van der Waals surface area contributed by atoms with Crippen LogP contribution < -0.4 is 16.2 Å². The molecule has 2 aliphatic rings. The summed E-state index contributed by atoms with van der Waals surface area (Å²) in [5.41, 5.74) is 13.3. The van der Waals surface area contributed by atoms with Gasteiger partial charge >= 0.3 is 0 Å². The fourth-order valence-electron chi connectivity index (χ4n) is 3.54. The van der Waals surface area contributed by atoms with Gasteiger partial charge in [0.05, 0.1) is 7.11 Å². The van der Waals surface area contributed by atoms with Crippen LogP contribution in [-0.2, 0) is 11.3 Å². The van der Waals surface area contributed by atoms with E-state index in [2.05, 4.69) is 0 Å². The topological polar surface area (TPSA) is 98.7 Å². The average Bonchev–Trinajstić information content (AvgIpc) is 2.96. The minimum Gasteiger partial charge on any atom is -0.497 e. The van der Waals surface area contributed by atoms with E-state index in [1.165, 1.54) is 0 Å². The summed E-state index contributed by atoms with van der Waals surface area (Å²) in [6.07, 6.45) is 6.49. The zero-order chi connectivity index (χ0) is 18.9. The number of carbonyl (C=O) groups excluding carboxylic acids is 2. The summed E-state index contributed by atoms with van der Waals surface area (Å²) in [7, 11) is 3.57. The number of methoxy groups -OCH3 is 1. The maximum atomic E-state index is 12.7. The van der Waals surface area contributed by atoms with Crippen LogP contribution in [0, 0.1) is 5.92 Å². The van der Waals surface area contributed by atoms with Crippen molar-refractivity contribution in [2.45, 2.75) is 25.3 Å². The summed E-state index contributed by atoms with van der Waals surface area (Å²) in [5, 5.41) is 0. The van der Waals surface area contributed by atoms with E-state index in [9.17, 15) is 9.59 Å². The molecule has 6 nitrogen and oxygen atoms in total. The van der Waals surface area contributed by atoms with Crippen molar-refractivity contribution in [3.63, 3.8) is 0 Å². The number of primary amides is 1. The smallest absolute Gasteiger partial charge is 0.254 e. The number of allylic oxidation sites excluding steroid dienone is 3. The van der Waals surface area contributed by atoms with Gasteiger partial charge in [0.15, 0.2) is 0 Å². The number of nitrogens with zero attached hydrogens (tertiary/aromatic N) is 1. The number of ether oxygens (including phenoxy) is 1. The highest BCUT2D eigenvalue weighted by atomic mass is 16.5. The Morgan fingerprint density at radius 2 is 2.23 bits per heavy atom. The normalized spacial score (nSPS) is 21.0. The Balaban J connectivity index is 1.81. The van der Waals surface area contributed by atoms with E-state index in [1.807, 2.05) is 38.4 Å². The van der Waals surface area contributed by atoms with Crippen LogP contribution in [0.1, 0.15) is 22.3 Å². The van der Waals surface area contributed by atoms with E-state index in [-0.39, 0.29) is 18.4 Å². The van der Waals surface area contributed by atoms with E-state index in [1.54, 1.807) is 24.1 Å². The van der Waals surface area contributed by atoms with Crippen molar-refractivity contribution in [3.8, 4) is 5.75 Å². The molecule has 1 radical (unpaired) electrons. The molecular formula is C19H23BN3O3. The molecule has 2 atom stereocenters. The van der Waals surface area contributed by atoms with Crippen molar-refractivity contribution in [1.29, 1.82) is 0 Å². The summed E-state index contributed by atoms with van der Waals surface area (Å²) >= 11 is 0. The molecule has 0 spiro atoms. The van der Waals surface area contributed by atoms with Crippen molar-refractivity contribution >= 4 is 19.1 Å². The predicted octanol–water partition coefficient (Wildman–Crippen LogP) is 1.05. The fourth-order valence-corrected chi connectivity index (χ4v) is 3.54. The Labute approximate surface area is 154 Å². The first-order valence-electron chi connectivity index (χ1n) is 8.61. The molecule has 4 N–H and O–H groups in total. The van der Waals surface area contributed by atoms with E-state index < -0.39 is 11.4 Å². The zero-order valence-corrected chi connectivity index (χ0v) is 15.1. The molecular weight excluding hydrogens is 329 g/mol. The van der Waals surface area contributed by atoms with Crippen LogP contribution in [0.2, 0.25) is 6.82 Å². The van der Waals surface area contributed by atoms with Crippen molar-refractivity contribution in [1.82, 2.24) is 4.90 Å². The van der Waals surface area contributed by atoms with Gasteiger partial charge in [-0.25, -0.2) is 0 Å². The lowest BCUT2D eigenvalue weighted by Crippen LogP contribution is -2.63. The number of rotatable bonds is 6. The molecule has 1 aliphatic carbocycles. The van der Waals surface area contributed by atoms with Gasteiger partial charge in [-0.3, -0.25) is 9.59 Å². The largest absolute Gasteiger partial charge is 0.497 e. The maximum absolute atomic E-state index is 12.7. The molecule has 0 aromatic heterocycles. The van der Waals surface area contributed by atoms with E-state index >= 15 is 0 Å². The standard InChI is InChI=1S/C19H23BN3O3/c1-20-14-5-3-13(4-6-14)19(22,18(21)25)11-23-10-12-9-15(26-2)7-8-16(12)17(23)24/h3,5-9,13H,4,10-11,22H2,1-2H3,(H2,21,25). The lowest BCUT2D eigenvalue weighted by atomic mass is 9.67. The van der Waals surface area contributed by atoms with Crippen molar-refractivity contribution in [3.05, 3.63) is 53.0 Å². The minimum absolute atomic E-state index is 0.0756. The molecule has 26 heavy (non-hydrogen) atoms. The third-order valence-electron chi connectivity index (χ3n) is 5.23. The highest BCUT2D eigenvalue weighted by molar-refractivity contribution is 6.44. The fraction of sp³-hybridized carbons (Fsp3) is 0.368. The van der Waals surface area contributed by atoms with Crippen LogP contribution in [0.3, 0.4) is 0 Å². The quantitative estimate of drug-likeness (QED) is 0.748. The van der Waals surface area contributed by atoms with Gasteiger partial charge in [-0.1, -0.05) is 30.5 Å². The first kappa shape index (κ1) is 18.3. The van der Waals surface area contributed by atoms with Gasteiger partial charge < -0.3 is 21.1 Å². The molecule has 2 amide bonds. The molecule has 1 aliphatic heterocycles. The summed E-state index contributed by atoms with van der Waals surface area (Å²) in [6, 6.07) is 5.33. The van der Waals surface area contributed by atoms with Gasteiger partial charge in [0.1, 0.15) is 18.6 Å². The minimum atomic E-state index is -1.33. The Kier molecular flexibility index (Phi) is 4.91. The molecule has 3 rings (SSSR count). The number of hydrogen-bond donors (Lipinski definition) is 2. The molecule has 1 aromatic rings. The second-order valence-electron chi connectivity index (χ2n) is 6.78. The van der Waals surface area contributed by atoms with Crippen LogP contribution in [0.5, 0.6) is 5.75 Å². The molecule has 0 saturated heterocycles. The van der Waals surface area contributed by atoms with Crippen LogP contribution in [-0.4, -0.2) is 43.2 Å². The molecule has 0 bridgehead atoms. The zero-order valence-electron chi connectivity index (χ0n) is 15.1. The Bertz CT molecular complexity index is 805. The van der Waals surface area contributed by atoms with Gasteiger partial charge in [0.2, 0.25) is 5.91 Å². The SMILES string of the molecule is C[B]C1=CCC(C(N)(CN2Cc3cc(OC)ccc3C2=O)C(N)=O)C=C1. The summed E-state index contributed by atoms with van der Waals surface area (Å²) in [6.45, 7) is 2.42. The van der Waals surface area contributed by atoms with Crippen LogP contribution in [0.15, 0.2) is 41.9 Å². The number of fused-ring (bicyclic) bond motifs is 1. The average molecular weight is 352 g/mol. The first-order chi connectivity index (χ1) is 12.4. The highest BCUT2D eigenvalue weighted by Gasteiger charge is 2.43. The van der Waals surface area contributed by atoms with E-state index in [4.69, 9.17) is 16.2 Å². The predicted molar refractivity (Wildman–Crippen MR) is 101 cm³/mol. The van der Waals surface area contributed by atoms with Crippen molar-refractivity contribution in [2.75, 3.05) is 13.7 Å². The lowest BCUT2D eigenvalue weighted by molar-refractivity contribution is -0.125. The highest BCUT2D eigenvalue weighted by Crippen LogP contribution is 2.31. The number of hydrogen-bond acceptors (Lipinski definition) is 4. The summed E-state index contributed by atoms with van der Waals surface area (Å²) < 4.78 is 5.22. The summed E-state index contributed by atoms with van der Waals surface area (Å²) in [4.78, 5) is 26.5. The first-order valence-corrected chi connectivity index (χ1v) is 8.61. The van der Waals surface area contributed by atoms with E-state index in [0.717, 1.165) is 11.0 Å². The lowest BCUT2D eigenvalue weighted by Gasteiger charge is -2.37. The number of nitrogens with two attached hydrogens (primary N) is 2. The monoisotopic (exact) mass is 352 g/mol. The van der Waals surface area contributed by atoms with Crippen LogP contribution in [0.4, 0.5) is 0 Å². The van der Waals surface area contributed by atoms with Crippen molar-refractivity contribution in [2.24, 2.45) is 17.4 Å². The summed E-state index contributed by atoms with van der Waals surface area (Å²) in [5.74, 6) is -0.312. The van der Waals surface area contributed by atoms with Crippen molar-refractivity contribution < 1.29 is 14.3 Å². The third kappa shape index (κ3) is 3.14. The molecule has 0 saturated carbocycles. The molecule has 1 aromatic carbocycles. The van der Waals surface area contributed by atoms with Gasteiger partial charge in [-0.05, 0) is 30.2 Å². The van der Waals surface area contributed by atoms with Gasteiger partial charge in [0, 0.05) is 24.6 Å².